The number of β-amino-alcohol motifs (C(OH)–C–C–N with tert-alkyl or cyclic N) is 1. The Morgan fingerprint density at radius 2 is 2.05 bits per heavy atom. The second kappa shape index (κ2) is 7.24. The van der Waals surface area contributed by atoms with Crippen LogP contribution in [0.5, 0.6) is 5.75 Å². The zero-order valence-corrected chi connectivity index (χ0v) is 13.4. The van der Waals surface area contributed by atoms with Gasteiger partial charge in [0.05, 0.1) is 12.2 Å². The Morgan fingerprint density at radius 3 is 2.80 bits per heavy atom. The second-order valence-corrected chi connectivity index (χ2v) is 6.12. The number of halogens is 1. The summed E-state index contributed by atoms with van der Waals surface area (Å²) in [6.45, 7) is 3.76. The number of aromatic hydroxyl groups is 1. The quantitative estimate of drug-likeness (QED) is 0.760. The number of aliphatic hydroxyl groups is 1. The number of amides is 1. The molecule has 0 saturated carbocycles. The van der Waals surface area contributed by atoms with E-state index >= 15 is 0 Å². The first-order valence-electron chi connectivity index (χ1n) is 6.73. The van der Waals surface area contributed by atoms with Crippen molar-refractivity contribution in [3.63, 3.8) is 0 Å². The van der Waals surface area contributed by atoms with E-state index in [4.69, 9.17) is 5.11 Å². The first kappa shape index (κ1) is 15.5. The minimum Gasteiger partial charge on any atom is -0.507 e. The minimum atomic E-state index is -0.119. The Labute approximate surface area is 132 Å². The summed E-state index contributed by atoms with van der Waals surface area (Å²) in [7, 11) is 0. The van der Waals surface area contributed by atoms with Crippen LogP contribution < -0.4 is 0 Å². The molecule has 0 aromatic heterocycles. The maximum Gasteiger partial charge on any atom is 0.257 e. The van der Waals surface area contributed by atoms with Crippen molar-refractivity contribution < 1.29 is 15.0 Å². The molecule has 0 spiro atoms. The molecule has 6 heteroatoms. The van der Waals surface area contributed by atoms with Crippen LogP contribution in [-0.4, -0.2) is 65.3 Å². The van der Waals surface area contributed by atoms with E-state index in [1.54, 1.807) is 23.1 Å². The van der Waals surface area contributed by atoms with Gasteiger partial charge >= 0.3 is 0 Å². The molecule has 2 rings (SSSR count). The van der Waals surface area contributed by atoms with Gasteiger partial charge in [0, 0.05) is 29.7 Å². The number of phenols is 1. The van der Waals surface area contributed by atoms with Gasteiger partial charge in [0.1, 0.15) is 5.75 Å². The van der Waals surface area contributed by atoms with Gasteiger partial charge in [-0.05, 0) is 53.8 Å². The van der Waals surface area contributed by atoms with Gasteiger partial charge in [0.25, 0.3) is 5.91 Å². The van der Waals surface area contributed by atoms with Crippen LogP contribution >= 0.6 is 22.6 Å². The summed E-state index contributed by atoms with van der Waals surface area (Å²) in [5.41, 5.74) is 0.368. The molecule has 20 heavy (non-hydrogen) atoms. The molecule has 5 nitrogen and oxygen atoms in total. The van der Waals surface area contributed by atoms with Gasteiger partial charge in [0.15, 0.2) is 0 Å². The molecule has 1 saturated heterocycles. The summed E-state index contributed by atoms with van der Waals surface area (Å²) < 4.78 is 0.931. The Morgan fingerprint density at radius 1 is 1.25 bits per heavy atom. The Balaban J connectivity index is 2.07. The van der Waals surface area contributed by atoms with Gasteiger partial charge < -0.3 is 15.1 Å². The largest absolute Gasteiger partial charge is 0.507 e. The molecule has 1 aromatic rings. The van der Waals surface area contributed by atoms with E-state index in [9.17, 15) is 9.90 Å². The average Bonchev–Trinajstić information content (AvgIpc) is 2.67. The van der Waals surface area contributed by atoms with E-state index < -0.39 is 0 Å². The summed E-state index contributed by atoms with van der Waals surface area (Å²) in [6, 6.07) is 5.05. The van der Waals surface area contributed by atoms with Crippen molar-refractivity contribution in [1.29, 1.82) is 0 Å². The van der Waals surface area contributed by atoms with Crippen LogP contribution in [0.1, 0.15) is 16.8 Å². The van der Waals surface area contributed by atoms with Crippen molar-refractivity contribution in [1.82, 2.24) is 9.80 Å². The minimum absolute atomic E-state index is 0.0341. The fourth-order valence-electron chi connectivity index (χ4n) is 2.39. The molecule has 0 unspecified atom stereocenters. The number of hydrogen-bond donors (Lipinski definition) is 2. The van der Waals surface area contributed by atoms with Crippen LogP contribution in [0.15, 0.2) is 18.2 Å². The molecule has 1 aromatic carbocycles. The van der Waals surface area contributed by atoms with E-state index in [-0.39, 0.29) is 18.3 Å². The van der Waals surface area contributed by atoms with Crippen molar-refractivity contribution in [3.8, 4) is 5.75 Å². The third-order valence-corrected chi connectivity index (χ3v) is 4.15. The monoisotopic (exact) mass is 390 g/mol. The van der Waals surface area contributed by atoms with E-state index in [2.05, 4.69) is 27.5 Å². The topological polar surface area (TPSA) is 64.0 Å². The van der Waals surface area contributed by atoms with E-state index in [0.717, 1.165) is 23.1 Å². The highest BCUT2D eigenvalue weighted by atomic mass is 127. The normalized spacial score (nSPS) is 17.0. The SMILES string of the molecule is O=C(c1cc(I)ccc1O)N1CCCN(CCO)CC1. The summed E-state index contributed by atoms with van der Waals surface area (Å²) in [5.74, 6) is -0.0845. The molecule has 1 aliphatic rings. The zero-order valence-electron chi connectivity index (χ0n) is 11.3. The fourth-order valence-corrected chi connectivity index (χ4v) is 2.88. The molecule has 1 fully saturated rings. The molecule has 0 bridgehead atoms. The zero-order chi connectivity index (χ0) is 14.5. The van der Waals surface area contributed by atoms with Crippen molar-refractivity contribution in [2.45, 2.75) is 6.42 Å². The predicted octanol–water partition coefficient (Wildman–Crippen LogP) is 1.14. The number of benzene rings is 1. The van der Waals surface area contributed by atoms with E-state index in [0.29, 0.717) is 25.2 Å². The number of rotatable bonds is 3. The third-order valence-electron chi connectivity index (χ3n) is 3.48. The Hall–Kier alpha value is -0.860. The lowest BCUT2D eigenvalue weighted by Crippen LogP contribution is -2.36. The van der Waals surface area contributed by atoms with Gasteiger partial charge in [-0.3, -0.25) is 9.69 Å². The second-order valence-electron chi connectivity index (χ2n) is 4.87. The van der Waals surface area contributed by atoms with Crippen molar-refractivity contribution in [3.05, 3.63) is 27.3 Å². The molecule has 110 valence electrons. The van der Waals surface area contributed by atoms with Crippen LogP contribution in [0, 0.1) is 3.57 Å². The van der Waals surface area contributed by atoms with Crippen LogP contribution in [0.4, 0.5) is 0 Å². The lowest BCUT2D eigenvalue weighted by atomic mass is 10.1. The molecule has 0 atom stereocenters. The summed E-state index contributed by atoms with van der Waals surface area (Å²) in [6.07, 6.45) is 0.885. The first-order valence-corrected chi connectivity index (χ1v) is 7.80. The molecule has 1 amide bonds. The molecule has 0 aliphatic carbocycles. The summed E-state index contributed by atoms with van der Waals surface area (Å²) in [5, 5.41) is 18.8. The molecule has 0 radical (unpaired) electrons. The van der Waals surface area contributed by atoms with Gasteiger partial charge in [-0.15, -0.1) is 0 Å². The maximum absolute atomic E-state index is 12.5. The van der Waals surface area contributed by atoms with Gasteiger partial charge in [-0.2, -0.15) is 0 Å². The van der Waals surface area contributed by atoms with E-state index in [1.807, 2.05) is 0 Å². The highest BCUT2D eigenvalue weighted by Gasteiger charge is 2.22. The summed E-state index contributed by atoms with van der Waals surface area (Å²) >= 11 is 2.13. The van der Waals surface area contributed by atoms with Gasteiger partial charge in [-0.1, -0.05) is 0 Å². The van der Waals surface area contributed by atoms with Crippen molar-refractivity contribution in [2.24, 2.45) is 0 Å². The molecule has 1 aliphatic heterocycles. The predicted molar refractivity (Wildman–Crippen MR) is 84.9 cm³/mol. The number of phenolic OH excluding ortho intramolecular Hbond substituents is 1. The molecule has 1 heterocycles. The number of nitrogens with zero attached hydrogens (tertiary/aromatic N) is 2. The van der Waals surface area contributed by atoms with Gasteiger partial charge in [0.2, 0.25) is 0 Å². The number of carbonyl (C=O) groups is 1. The third kappa shape index (κ3) is 3.83. The standard InChI is InChI=1S/C14H19IN2O3/c15-11-2-3-13(19)12(10-11)14(20)17-5-1-4-16(6-7-17)8-9-18/h2-3,10,18-19H,1,4-9H2. The van der Waals surface area contributed by atoms with E-state index in [1.165, 1.54) is 0 Å². The first-order chi connectivity index (χ1) is 9.61. The van der Waals surface area contributed by atoms with Crippen LogP contribution in [0.25, 0.3) is 0 Å². The highest BCUT2D eigenvalue weighted by Crippen LogP contribution is 2.22. The fraction of sp³-hybridized carbons (Fsp3) is 0.500. The highest BCUT2D eigenvalue weighted by molar-refractivity contribution is 14.1. The number of hydrogen-bond acceptors (Lipinski definition) is 4. The summed E-state index contributed by atoms with van der Waals surface area (Å²) in [4.78, 5) is 16.4. The van der Waals surface area contributed by atoms with Crippen LogP contribution in [0.2, 0.25) is 0 Å². The molecular formula is C14H19IN2O3. The Bertz CT molecular complexity index is 481. The Kier molecular flexibility index (Phi) is 5.62. The lowest BCUT2D eigenvalue weighted by molar-refractivity contribution is 0.0757. The number of aliphatic hydroxyl groups excluding tert-OH is 1. The van der Waals surface area contributed by atoms with Crippen molar-refractivity contribution in [2.75, 3.05) is 39.3 Å². The molecular weight excluding hydrogens is 371 g/mol. The maximum atomic E-state index is 12.5. The average molecular weight is 390 g/mol. The van der Waals surface area contributed by atoms with Gasteiger partial charge in [-0.25, -0.2) is 0 Å². The number of carbonyl (C=O) groups excluding carboxylic acids is 1. The lowest BCUT2D eigenvalue weighted by Gasteiger charge is -2.22. The van der Waals surface area contributed by atoms with Crippen LogP contribution in [-0.2, 0) is 0 Å². The van der Waals surface area contributed by atoms with Crippen molar-refractivity contribution >= 4 is 28.5 Å². The smallest absolute Gasteiger partial charge is 0.257 e. The van der Waals surface area contributed by atoms with Crippen LogP contribution in [0.3, 0.4) is 0 Å². The molecule has 2 N–H and O–H groups in total.